The number of rotatable bonds is 2. The van der Waals surface area contributed by atoms with E-state index in [9.17, 15) is 13.6 Å². The highest BCUT2D eigenvalue weighted by molar-refractivity contribution is 5.87. The molecule has 2 N–H and O–H groups in total. The Hall–Kier alpha value is -1.80. The number of amides is 2. The summed E-state index contributed by atoms with van der Waals surface area (Å²) in [4.78, 5) is 12.9. The van der Waals surface area contributed by atoms with E-state index in [2.05, 4.69) is 26.0 Å². The number of tetrazole rings is 1. The fourth-order valence-corrected chi connectivity index (χ4v) is 2.90. The SMILES string of the molecule is Cn1nnc(NC(=O)NC2CCC3(CC2)CC3(F)F)n1. The number of alkyl halides is 2. The van der Waals surface area contributed by atoms with Crippen LogP contribution in [-0.2, 0) is 7.05 Å². The summed E-state index contributed by atoms with van der Waals surface area (Å²) in [5, 5.41) is 16.3. The van der Waals surface area contributed by atoms with Gasteiger partial charge in [0.15, 0.2) is 0 Å². The highest BCUT2D eigenvalue weighted by atomic mass is 19.3. The molecule has 2 fully saturated rings. The number of halogens is 2. The maximum Gasteiger partial charge on any atom is 0.321 e. The van der Waals surface area contributed by atoms with E-state index in [-0.39, 0.29) is 18.4 Å². The van der Waals surface area contributed by atoms with Crippen LogP contribution in [-0.4, -0.2) is 38.2 Å². The van der Waals surface area contributed by atoms with Crippen LogP contribution in [0.2, 0.25) is 0 Å². The van der Waals surface area contributed by atoms with Crippen LogP contribution in [0, 0.1) is 5.41 Å². The van der Waals surface area contributed by atoms with Crippen LogP contribution < -0.4 is 10.6 Å². The first-order valence-electron chi connectivity index (χ1n) is 6.60. The van der Waals surface area contributed by atoms with E-state index in [0.29, 0.717) is 25.7 Å². The van der Waals surface area contributed by atoms with Gasteiger partial charge in [0.2, 0.25) is 0 Å². The van der Waals surface area contributed by atoms with Crippen molar-refractivity contribution in [3.63, 3.8) is 0 Å². The number of nitrogens with one attached hydrogen (secondary N) is 2. The summed E-state index contributed by atoms with van der Waals surface area (Å²) >= 11 is 0. The van der Waals surface area contributed by atoms with Gasteiger partial charge in [-0.2, -0.15) is 4.80 Å². The van der Waals surface area contributed by atoms with Gasteiger partial charge in [0.25, 0.3) is 11.9 Å². The van der Waals surface area contributed by atoms with E-state index in [1.165, 1.54) is 4.80 Å². The van der Waals surface area contributed by atoms with Crippen LogP contribution in [0.5, 0.6) is 0 Å². The highest BCUT2D eigenvalue weighted by Crippen LogP contribution is 2.67. The molecule has 0 radical (unpaired) electrons. The molecule has 0 saturated heterocycles. The molecular weight excluding hydrogens is 270 g/mol. The van der Waals surface area contributed by atoms with E-state index < -0.39 is 17.4 Å². The summed E-state index contributed by atoms with van der Waals surface area (Å²) in [5.41, 5.74) is -0.784. The summed E-state index contributed by atoms with van der Waals surface area (Å²) < 4.78 is 26.5. The molecule has 0 atom stereocenters. The molecule has 7 nitrogen and oxygen atoms in total. The minimum absolute atomic E-state index is 0.00242. The second-order valence-electron chi connectivity index (χ2n) is 5.64. The molecular formula is C11H16F2N6O. The monoisotopic (exact) mass is 286 g/mol. The van der Waals surface area contributed by atoms with Crippen molar-refractivity contribution >= 4 is 12.0 Å². The highest BCUT2D eigenvalue weighted by Gasteiger charge is 2.70. The zero-order chi connectivity index (χ0) is 14.4. The van der Waals surface area contributed by atoms with E-state index in [4.69, 9.17) is 0 Å². The predicted molar refractivity (Wildman–Crippen MR) is 65.2 cm³/mol. The van der Waals surface area contributed by atoms with Gasteiger partial charge < -0.3 is 5.32 Å². The Bertz CT molecular complexity index is 523. The van der Waals surface area contributed by atoms with Crippen molar-refractivity contribution in [3.05, 3.63) is 0 Å². The molecule has 2 amide bonds. The molecule has 1 spiro atoms. The summed E-state index contributed by atoms with van der Waals surface area (Å²) in [7, 11) is 1.59. The number of hydrogen-bond donors (Lipinski definition) is 2. The summed E-state index contributed by atoms with van der Waals surface area (Å²) in [5.74, 6) is -2.38. The molecule has 9 heteroatoms. The van der Waals surface area contributed by atoms with Gasteiger partial charge in [-0.05, 0) is 30.9 Å². The summed E-state index contributed by atoms with van der Waals surface area (Å²) in [6.07, 6.45) is 2.10. The van der Waals surface area contributed by atoms with Crippen molar-refractivity contribution < 1.29 is 13.6 Å². The van der Waals surface area contributed by atoms with Gasteiger partial charge in [-0.1, -0.05) is 5.10 Å². The zero-order valence-corrected chi connectivity index (χ0v) is 11.1. The number of urea groups is 1. The third-order valence-corrected chi connectivity index (χ3v) is 4.22. The quantitative estimate of drug-likeness (QED) is 0.858. The van der Waals surface area contributed by atoms with Crippen LogP contribution in [0.15, 0.2) is 0 Å². The van der Waals surface area contributed by atoms with Crippen LogP contribution in [0.3, 0.4) is 0 Å². The van der Waals surface area contributed by atoms with Crippen LogP contribution in [0.1, 0.15) is 32.1 Å². The Kier molecular flexibility index (Phi) is 2.87. The predicted octanol–water partition coefficient (Wildman–Crippen LogP) is 1.30. The number of aromatic nitrogens is 4. The molecule has 2 aliphatic carbocycles. The lowest BCUT2D eigenvalue weighted by molar-refractivity contribution is 0.0446. The number of anilines is 1. The van der Waals surface area contributed by atoms with Crippen molar-refractivity contribution in [2.24, 2.45) is 12.5 Å². The third kappa shape index (κ3) is 2.32. The Labute approximate surface area is 114 Å². The molecule has 110 valence electrons. The topological polar surface area (TPSA) is 84.7 Å². The fourth-order valence-electron chi connectivity index (χ4n) is 2.90. The van der Waals surface area contributed by atoms with E-state index >= 15 is 0 Å². The van der Waals surface area contributed by atoms with Crippen molar-refractivity contribution in [1.82, 2.24) is 25.5 Å². The van der Waals surface area contributed by atoms with Gasteiger partial charge in [-0.15, -0.1) is 5.10 Å². The molecule has 0 bridgehead atoms. The smallest absolute Gasteiger partial charge is 0.321 e. The normalized spacial score (nSPS) is 31.1. The van der Waals surface area contributed by atoms with E-state index in [1.807, 2.05) is 0 Å². The van der Waals surface area contributed by atoms with Crippen molar-refractivity contribution in [1.29, 1.82) is 0 Å². The molecule has 2 aliphatic rings. The second-order valence-corrected chi connectivity index (χ2v) is 5.64. The molecule has 0 aromatic carbocycles. The Balaban J connectivity index is 1.47. The lowest BCUT2D eigenvalue weighted by Gasteiger charge is -2.29. The standard InChI is InChI=1S/C11H16F2N6O/c1-19-17-8(16-18-19)15-9(20)14-7-2-4-10(5-3-7)6-11(10,12)13/h7H,2-6H2,1H3,(H2,14,15,17,20). The Morgan fingerprint density at radius 3 is 2.55 bits per heavy atom. The zero-order valence-electron chi connectivity index (χ0n) is 11.1. The van der Waals surface area contributed by atoms with Crippen LogP contribution in [0.4, 0.5) is 19.5 Å². The van der Waals surface area contributed by atoms with Gasteiger partial charge in [0, 0.05) is 17.9 Å². The molecule has 1 aromatic rings. The summed E-state index contributed by atoms with van der Waals surface area (Å²) in [6.45, 7) is 0. The molecule has 0 aliphatic heterocycles. The number of hydrogen-bond acceptors (Lipinski definition) is 4. The van der Waals surface area contributed by atoms with Gasteiger partial charge in [0.1, 0.15) is 0 Å². The Morgan fingerprint density at radius 1 is 1.40 bits per heavy atom. The summed E-state index contributed by atoms with van der Waals surface area (Å²) in [6, 6.07) is -0.504. The average Bonchev–Trinajstić information content (AvgIpc) is 2.67. The van der Waals surface area contributed by atoms with Crippen molar-refractivity contribution in [2.75, 3.05) is 5.32 Å². The molecule has 1 heterocycles. The largest absolute Gasteiger partial charge is 0.335 e. The van der Waals surface area contributed by atoms with Crippen LogP contribution in [0.25, 0.3) is 0 Å². The lowest BCUT2D eigenvalue weighted by Crippen LogP contribution is -2.41. The second kappa shape index (κ2) is 4.35. The van der Waals surface area contributed by atoms with Crippen molar-refractivity contribution in [3.8, 4) is 0 Å². The van der Waals surface area contributed by atoms with E-state index in [0.717, 1.165) is 0 Å². The van der Waals surface area contributed by atoms with Gasteiger partial charge >= 0.3 is 6.03 Å². The van der Waals surface area contributed by atoms with Crippen molar-refractivity contribution in [2.45, 2.75) is 44.1 Å². The minimum atomic E-state index is -2.50. The number of carbonyl (C=O) groups excluding carboxylic acids is 1. The van der Waals surface area contributed by atoms with Gasteiger partial charge in [-0.25, -0.2) is 13.6 Å². The Morgan fingerprint density at radius 2 is 2.05 bits per heavy atom. The molecule has 20 heavy (non-hydrogen) atoms. The van der Waals surface area contributed by atoms with E-state index in [1.54, 1.807) is 7.05 Å². The molecule has 0 unspecified atom stereocenters. The number of nitrogens with zero attached hydrogens (tertiary/aromatic N) is 4. The third-order valence-electron chi connectivity index (χ3n) is 4.22. The lowest BCUT2D eigenvalue weighted by atomic mass is 9.83. The maximum atomic E-state index is 13.2. The van der Waals surface area contributed by atoms with Crippen LogP contribution >= 0.6 is 0 Å². The number of carbonyl (C=O) groups is 1. The van der Waals surface area contributed by atoms with Gasteiger partial charge in [0.05, 0.1) is 7.05 Å². The first-order valence-corrected chi connectivity index (χ1v) is 6.60. The first-order chi connectivity index (χ1) is 9.40. The first kappa shape index (κ1) is 13.2. The molecule has 3 rings (SSSR count). The maximum absolute atomic E-state index is 13.2. The molecule has 1 aromatic heterocycles. The average molecular weight is 286 g/mol. The minimum Gasteiger partial charge on any atom is -0.335 e. The molecule has 2 saturated carbocycles. The van der Waals surface area contributed by atoms with Gasteiger partial charge in [-0.3, -0.25) is 5.32 Å². The fraction of sp³-hybridized carbons (Fsp3) is 0.818. The number of aryl methyl sites for hydroxylation is 1.